The van der Waals surface area contributed by atoms with Gasteiger partial charge in [0.25, 0.3) is 0 Å². The zero-order valence-corrected chi connectivity index (χ0v) is 13.6. The first kappa shape index (κ1) is 18.9. The monoisotopic (exact) mass is 299 g/mol. The van der Waals surface area contributed by atoms with E-state index < -0.39 is 0 Å². The minimum atomic E-state index is -0.321. The lowest BCUT2D eigenvalue weighted by Crippen LogP contribution is -2.38. The summed E-state index contributed by atoms with van der Waals surface area (Å²) >= 11 is 0. The van der Waals surface area contributed by atoms with E-state index in [1.54, 1.807) is 0 Å². The molecule has 0 aromatic carbocycles. The van der Waals surface area contributed by atoms with E-state index in [0.29, 0.717) is 24.5 Å². The van der Waals surface area contributed by atoms with Crippen LogP contribution < -0.4 is 0 Å². The van der Waals surface area contributed by atoms with E-state index in [1.165, 1.54) is 32.1 Å². The normalized spacial score (nSPS) is 32.1. The van der Waals surface area contributed by atoms with Crippen molar-refractivity contribution in [3.05, 3.63) is 0 Å². The van der Waals surface area contributed by atoms with Gasteiger partial charge in [0.15, 0.2) is 0 Å². The summed E-state index contributed by atoms with van der Waals surface area (Å²) < 4.78 is 6.12. The Morgan fingerprint density at radius 2 is 1.86 bits per heavy atom. The summed E-state index contributed by atoms with van der Waals surface area (Å²) in [4.78, 5) is 2.36. The zero-order valence-electron chi connectivity index (χ0n) is 13.6. The highest BCUT2D eigenvalue weighted by molar-refractivity contribution is 4.82. The van der Waals surface area contributed by atoms with E-state index in [1.807, 2.05) is 0 Å². The number of aliphatic hydroxyl groups excluding tert-OH is 1. The molecule has 0 spiro atoms. The lowest BCUT2D eigenvalue weighted by atomic mass is 9.75. The van der Waals surface area contributed by atoms with Crippen LogP contribution in [0.3, 0.4) is 0 Å². The first-order valence-corrected chi connectivity index (χ1v) is 8.58. The van der Waals surface area contributed by atoms with Crippen LogP contribution >= 0.6 is 0 Å². The average Bonchev–Trinajstić information content (AvgIpc) is 2.89. The number of ether oxygens (including phenoxy) is 1. The minimum absolute atomic E-state index is 0. The molecule has 0 amide bonds. The molecule has 1 aliphatic carbocycles. The molecule has 0 aromatic rings. The standard InChI is InChI=1S/C17H33NO2.CH4/c1-13(2)16-7-6-14(3)10-17(16)20-12-15(19)11-18-8-4-5-9-18;/h13-17,19H,4-12H2,1-3H3;1H4. The Morgan fingerprint density at radius 3 is 2.48 bits per heavy atom. The summed E-state index contributed by atoms with van der Waals surface area (Å²) in [6, 6.07) is 0. The maximum Gasteiger partial charge on any atom is 0.0900 e. The molecule has 0 bridgehead atoms. The van der Waals surface area contributed by atoms with Crippen LogP contribution in [0.5, 0.6) is 0 Å². The van der Waals surface area contributed by atoms with Gasteiger partial charge in [-0.1, -0.05) is 34.6 Å². The van der Waals surface area contributed by atoms with E-state index in [9.17, 15) is 5.11 Å². The third kappa shape index (κ3) is 5.88. The Kier molecular flexibility index (Phi) is 8.22. The number of rotatable bonds is 6. The van der Waals surface area contributed by atoms with Gasteiger partial charge >= 0.3 is 0 Å². The van der Waals surface area contributed by atoms with Crippen LogP contribution in [0.25, 0.3) is 0 Å². The predicted octanol–water partition coefficient (Wildman–Crippen LogP) is 3.56. The van der Waals surface area contributed by atoms with Crippen LogP contribution in [-0.2, 0) is 4.74 Å². The Hall–Kier alpha value is -0.120. The van der Waals surface area contributed by atoms with Crippen LogP contribution in [0.1, 0.15) is 60.3 Å². The highest BCUT2D eigenvalue weighted by Crippen LogP contribution is 2.35. The van der Waals surface area contributed by atoms with Gasteiger partial charge in [-0.25, -0.2) is 0 Å². The van der Waals surface area contributed by atoms with Gasteiger partial charge in [-0.2, -0.15) is 0 Å². The van der Waals surface area contributed by atoms with Gasteiger partial charge in [0.1, 0.15) is 0 Å². The number of hydrogen-bond acceptors (Lipinski definition) is 3. The van der Waals surface area contributed by atoms with Crippen LogP contribution in [0.2, 0.25) is 0 Å². The quantitative estimate of drug-likeness (QED) is 0.814. The molecule has 3 nitrogen and oxygen atoms in total. The van der Waals surface area contributed by atoms with Crippen LogP contribution in [0, 0.1) is 17.8 Å². The van der Waals surface area contributed by atoms with E-state index >= 15 is 0 Å². The summed E-state index contributed by atoms with van der Waals surface area (Å²) in [6.07, 6.45) is 6.38. The Morgan fingerprint density at radius 1 is 1.19 bits per heavy atom. The predicted molar refractivity (Wildman–Crippen MR) is 89.5 cm³/mol. The largest absolute Gasteiger partial charge is 0.389 e. The zero-order chi connectivity index (χ0) is 14.5. The molecule has 1 heterocycles. The number of aliphatic hydroxyl groups is 1. The van der Waals surface area contributed by atoms with Crippen molar-refractivity contribution in [3.63, 3.8) is 0 Å². The summed E-state index contributed by atoms with van der Waals surface area (Å²) in [5, 5.41) is 10.2. The van der Waals surface area contributed by atoms with E-state index in [-0.39, 0.29) is 13.5 Å². The highest BCUT2D eigenvalue weighted by Gasteiger charge is 2.31. The molecule has 1 aliphatic heterocycles. The average molecular weight is 299 g/mol. The van der Waals surface area contributed by atoms with E-state index in [4.69, 9.17) is 4.74 Å². The van der Waals surface area contributed by atoms with Crippen molar-refractivity contribution in [2.24, 2.45) is 17.8 Å². The van der Waals surface area contributed by atoms with Gasteiger partial charge in [0.2, 0.25) is 0 Å². The SMILES string of the molecule is C.CC1CCC(C(C)C)C(OCC(O)CN2CCCC2)C1. The minimum Gasteiger partial charge on any atom is -0.389 e. The fraction of sp³-hybridized carbons (Fsp3) is 1.00. The van der Waals surface area contributed by atoms with Crippen molar-refractivity contribution in [1.29, 1.82) is 0 Å². The molecule has 126 valence electrons. The smallest absolute Gasteiger partial charge is 0.0900 e. The number of hydrogen-bond donors (Lipinski definition) is 1. The van der Waals surface area contributed by atoms with Crippen LogP contribution in [0.4, 0.5) is 0 Å². The van der Waals surface area contributed by atoms with Crippen molar-refractivity contribution in [2.45, 2.75) is 72.5 Å². The molecule has 1 saturated carbocycles. The molecule has 1 saturated heterocycles. The van der Waals surface area contributed by atoms with Gasteiger partial charge in [-0.3, -0.25) is 0 Å². The molecule has 3 heteroatoms. The second-order valence-corrected chi connectivity index (χ2v) is 7.36. The molecule has 2 fully saturated rings. The molecule has 0 radical (unpaired) electrons. The fourth-order valence-corrected chi connectivity index (χ4v) is 3.86. The summed E-state index contributed by atoms with van der Waals surface area (Å²) in [5.41, 5.74) is 0. The van der Waals surface area contributed by atoms with Crippen LogP contribution in [0.15, 0.2) is 0 Å². The Bertz CT molecular complexity index is 276. The maximum atomic E-state index is 10.2. The van der Waals surface area contributed by atoms with Gasteiger partial charge in [0.05, 0.1) is 18.8 Å². The summed E-state index contributed by atoms with van der Waals surface area (Å²) in [7, 11) is 0. The van der Waals surface area contributed by atoms with Crippen molar-refractivity contribution in [3.8, 4) is 0 Å². The van der Waals surface area contributed by atoms with E-state index in [0.717, 1.165) is 25.6 Å². The lowest BCUT2D eigenvalue weighted by Gasteiger charge is -2.37. The molecule has 21 heavy (non-hydrogen) atoms. The number of β-amino-alcohol motifs (C(OH)–C–C–N with tert-alkyl or cyclic N) is 1. The van der Waals surface area contributed by atoms with Crippen molar-refractivity contribution in [1.82, 2.24) is 4.90 Å². The molecule has 2 rings (SSSR count). The molecule has 0 aromatic heterocycles. The van der Waals surface area contributed by atoms with Crippen molar-refractivity contribution >= 4 is 0 Å². The number of likely N-dealkylation sites (tertiary alicyclic amines) is 1. The first-order valence-electron chi connectivity index (χ1n) is 8.58. The molecular formula is C18H37NO2. The van der Waals surface area contributed by atoms with Gasteiger partial charge < -0.3 is 14.7 Å². The second kappa shape index (κ2) is 9.12. The van der Waals surface area contributed by atoms with Gasteiger partial charge in [0, 0.05) is 6.54 Å². The molecule has 2 aliphatic rings. The van der Waals surface area contributed by atoms with Gasteiger partial charge in [-0.05, 0) is 56.5 Å². The third-order valence-corrected chi connectivity index (χ3v) is 5.13. The summed E-state index contributed by atoms with van der Waals surface area (Å²) in [6.45, 7) is 10.5. The molecule has 4 atom stereocenters. The van der Waals surface area contributed by atoms with E-state index in [2.05, 4.69) is 25.7 Å². The summed E-state index contributed by atoms with van der Waals surface area (Å²) in [5.74, 6) is 2.12. The lowest BCUT2D eigenvalue weighted by molar-refractivity contribution is -0.0730. The number of nitrogens with zero attached hydrogens (tertiary/aromatic N) is 1. The fourth-order valence-electron chi connectivity index (χ4n) is 3.86. The van der Waals surface area contributed by atoms with Gasteiger partial charge in [-0.15, -0.1) is 0 Å². The van der Waals surface area contributed by atoms with Crippen LogP contribution in [-0.4, -0.2) is 48.5 Å². The Labute approximate surface area is 132 Å². The van der Waals surface area contributed by atoms with Crippen molar-refractivity contribution in [2.75, 3.05) is 26.2 Å². The molecule has 1 N–H and O–H groups in total. The molecule has 4 unspecified atom stereocenters. The first-order chi connectivity index (χ1) is 9.56. The second-order valence-electron chi connectivity index (χ2n) is 7.36. The molecular weight excluding hydrogens is 262 g/mol. The van der Waals surface area contributed by atoms with Crippen molar-refractivity contribution < 1.29 is 9.84 Å². The topological polar surface area (TPSA) is 32.7 Å². The maximum absolute atomic E-state index is 10.2. The third-order valence-electron chi connectivity index (χ3n) is 5.13. The Balaban J connectivity index is 0.00000220. The highest BCUT2D eigenvalue weighted by atomic mass is 16.5.